The fourth-order valence-electron chi connectivity index (χ4n) is 4.22. The molecule has 3 aliphatic heterocycles. The second kappa shape index (κ2) is 6.60. The molecule has 0 saturated carbocycles. The third-order valence-electron chi connectivity index (χ3n) is 5.76. The van der Waals surface area contributed by atoms with Crippen molar-refractivity contribution in [1.82, 2.24) is 10.3 Å². The van der Waals surface area contributed by atoms with Gasteiger partial charge < -0.3 is 15.0 Å². The lowest BCUT2D eigenvalue weighted by Gasteiger charge is -2.39. The lowest BCUT2D eigenvalue weighted by molar-refractivity contribution is 0.0367. The van der Waals surface area contributed by atoms with E-state index in [9.17, 15) is 4.79 Å². The van der Waals surface area contributed by atoms with Gasteiger partial charge in [-0.05, 0) is 22.8 Å². The molecule has 2 aromatic rings. The largest absolute Gasteiger partial charge is 0.441 e. The monoisotopic (exact) mass is 401 g/mol. The summed E-state index contributed by atoms with van der Waals surface area (Å²) < 4.78 is 5.55. The van der Waals surface area contributed by atoms with Crippen LogP contribution >= 0.6 is 23.4 Å². The SMILES string of the molecule is O=C1NCC2(CCN(c3c(Cl)cncc3-c3ccc4c(c3)CSC4)CC2)O1. The van der Waals surface area contributed by atoms with Gasteiger partial charge in [-0.25, -0.2) is 4.79 Å². The van der Waals surface area contributed by atoms with Crippen LogP contribution in [0.5, 0.6) is 0 Å². The summed E-state index contributed by atoms with van der Waals surface area (Å²) in [7, 11) is 0. The van der Waals surface area contributed by atoms with Crippen LogP contribution in [0.4, 0.5) is 10.5 Å². The molecular weight excluding hydrogens is 382 g/mol. The number of pyridine rings is 1. The van der Waals surface area contributed by atoms with Gasteiger partial charge in [0, 0.05) is 55.4 Å². The maximum atomic E-state index is 11.5. The molecule has 1 spiro atoms. The quantitative estimate of drug-likeness (QED) is 0.816. The Bertz CT molecular complexity index is 912. The summed E-state index contributed by atoms with van der Waals surface area (Å²) >= 11 is 8.55. The van der Waals surface area contributed by atoms with Crippen molar-refractivity contribution in [2.75, 3.05) is 24.5 Å². The van der Waals surface area contributed by atoms with Crippen molar-refractivity contribution >= 4 is 35.1 Å². The molecule has 1 N–H and O–H groups in total. The summed E-state index contributed by atoms with van der Waals surface area (Å²) in [5.74, 6) is 2.16. The van der Waals surface area contributed by atoms with Gasteiger partial charge in [0.25, 0.3) is 0 Å². The number of carbonyl (C=O) groups is 1. The molecule has 0 bridgehead atoms. The standard InChI is InChI=1S/C20H20ClN3O2S/c21-17-9-22-8-16(13-1-2-14-10-27-11-15(14)7-13)18(17)24-5-3-20(4-6-24)12-23-19(25)26-20/h1-2,7-9H,3-6,10-12H2,(H,23,25). The Balaban J connectivity index is 1.46. The molecule has 2 saturated heterocycles. The molecule has 1 aromatic heterocycles. The van der Waals surface area contributed by atoms with Crippen LogP contribution in [0.1, 0.15) is 24.0 Å². The van der Waals surface area contributed by atoms with Crippen LogP contribution in [0.25, 0.3) is 11.1 Å². The average Bonchev–Trinajstić information content (AvgIpc) is 3.29. The van der Waals surface area contributed by atoms with Gasteiger partial charge >= 0.3 is 6.09 Å². The first kappa shape index (κ1) is 17.2. The van der Waals surface area contributed by atoms with Crippen molar-refractivity contribution in [2.45, 2.75) is 29.9 Å². The van der Waals surface area contributed by atoms with Crippen molar-refractivity contribution in [2.24, 2.45) is 0 Å². The number of hydrogen-bond donors (Lipinski definition) is 1. The van der Waals surface area contributed by atoms with Crippen LogP contribution in [0.2, 0.25) is 5.02 Å². The number of rotatable bonds is 2. The topological polar surface area (TPSA) is 54.5 Å². The van der Waals surface area contributed by atoms with Crippen molar-refractivity contribution in [1.29, 1.82) is 0 Å². The zero-order valence-electron chi connectivity index (χ0n) is 14.8. The molecule has 1 aromatic carbocycles. The Morgan fingerprint density at radius 2 is 2.00 bits per heavy atom. The van der Waals surface area contributed by atoms with E-state index in [1.54, 1.807) is 6.20 Å². The van der Waals surface area contributed by atoms with E-state index in [0.29, 0.717) is 11.6 Å². The molecule has 140 valence electrons. The summed E-state index contributed by atoms with van der Waals surface area (Å²) in [5.41, 5.74) is 5.73. The number of halogens is 1. The van der Waals surface area contributed by atoms with E-state index < -0.39 is 0 Å². The maximum Gasteiger partial charge on any atom is 0.407 e. The lowest BCUT2D eigenvalue weighted by atomic mass is 9.90. The number of anilines is 1. The number of alkyl carbamates (subject to hydrolysis) is 1. The second-order valence-corrected chi connectivity index (χ2v) is 8.80. The Labute approximate surface area is 167 Å². The van der Waals surface area contributed by atoms with Crippen LogP contribution < -0.4 is 10.2 Å². The number of amides is 1. The molecule has 0 atom stereocenters. The van der Waals surface area contributed by atoms with Gasteiger partial charge in [0.2, 0.25) is 0 Å². The summed E-state index contributed by atoms with van der Waals surface area (Å²) in [6.07, 6.45) is 4.91. The van der Waals surface area contributed by atoms with Gasteiger partial charge in [0.05, 0.1) is 17.3 Å². The van der Waals surface area contributed by atoms with E-state index in [0.717, 1.165) is 54.3 Å². The van der Waals surface area contributed by atoms with Gasteiger partial charge in [-0.2, -0.15) is 11.8 Å². The number of fused-ring (bicyclic) bond motifs is 1. The molecule has 5 nitrogen and oxygen atoms in total. The van der Waals surface area contributed by atoms with Crippen LogP contribution in [-0.2, 0) is 16.2 Å². The third kappa shape index (κ3) is 3.05. The summed E-state index contributed by atoms with van der Waals surface area (Å²) in [6, 6.07) is 6.68. The first-order valence-electron chi connectivity index (χ1n) is 9.19. The summed E-state index contributed by atoms with van der Waals surface area (Å²) in [4.78, 5) is 18.1. The number of thioether (sulfide) groups is 1. The molecule has 1 amide bonds. The van der Waals surface area contributed by atoms with Gasteiger partial charge in [-0.3, -0.25) is 4.98 Å². The number of ether oxygens (including phenoxy) is 1. The number of carbonyl (C=O) groups excluding carboxylic acids is 1. The van der Waals surface area contributed by atoms with E-state index in [-0.39, 0.29) is 11.7 Å². The summed E-state index contributed by atoms with van der Waals surface area (Å²) in [6.45, 7) is 2.19. The van der Waals surface area contributed by atoms with Crippen LogP contribution in [0.3, 0.4) is 0 Å². The molecule has 2 fully saturated rings. The molecule has 7 heteroatoms. The minimum atomic E-state index is -0.363. The third-order valence-corrected chi connectivity index (χ3v) is 7.07. The normalized spacial score (nSPS) is 20.5. The predicted octanol–water partition coefficient (Wildman–Crippen LogP) is 4.23. The summed E-state index contributed by atoms with van der Waals surface area (Å²) in [5, 5.41) is 3.46. The van der Waals surface area contributed by atoms with Gasteiger partial charge in [-0.1, -0.05) is 23.7 Å². The highest BCUT2D eigenvalue weighted by molar-refractivity contribution is 7.98. The maximum absolute atomic E-state index is 11.5. The minimum Gasteiger partial charge on any atom is -0.441 e. The van der Waals surface area contributed by atoms with E-state index in [1.165, 1.54) is 11.1 Å². The minimum absolute atomic E-state index is 0.304. The van der Waals surface area contributed by atoms with Crippen LogP contribution in [0.15, 0.2) is 30.6 Å². The van der Waals surface area contributed by atoms with Crippen molar-refractivity contribution in [3.63, 3.8) is 0 Å². The number of piperidine rings is 1. The number of nitrogens with one attached hydrogen (secondary N) is 1. The van der Waals surface area contributed by atoms with Crippen molar-refractivity contribution in [3.8, 4) is 11.1 Å². The van der Waals surface area contributed by atoms with Crippen molar-refractivity contribution in [3.05, 3.63) is 46.7 Å². The Morgan fingerprint density at radius 1 is 1.19 bits per heavy atom. The smallest absolute Gasteiger partial charge is 0.407 e. The molecule has 4 heterocycles. The van der Waals surface area contributed by atoms with E-state index in [2.05, 4.69) is 33.4 Å². The van der Waals surface area contributed by atoms with E-state index in [1.807, 2.05) is 18.0 Å². The first-order valence-corrected chi connectivity index (χ1v) is 10.7. The fourth-order valence-corrected chi connectivity index (χ4v) is 5.59. The van der Waals surface area contributed by atoms with Gasteiger partial charge in [0.15, 0.2) is 0 Å². The number of hydrogen-bond acceptors (Lipinski definition) is 5. The highest BCUT2D eigenvalue weighted by Gasteiger charge is 2.43. The zero-order chi connectivity index (χ0) is 18.4. The fraction of sp³-hybridized carbons (Fsp3) is 0.400. The average molecular weight is 402 g/mol. The molecule has 0 unspecified atom stereocenters. The zero-order valence-corrected chi connectivity index (χ0v) is 16.4. The highest BCUT2D eigenvalue weighted by Crippen LogP contribution is 2.41. The highest BCUT2D eigenvalue weighted by atomic mass is 35.5. The van der Waals surface area contributed by atoms with E-state index in [4.69, 9.17) is 16.3 Å². The van der Waals surface area contributed by atoms with Crippen LogP contribution in [-0.4, -0.2) is 36.3 Å². The van der Waals surface area contributed by atoms with Gasteiger partial charge in [0.1, 0.15) is 5.60 Å². The number of benzene rings is 1. The predicted molar refractivity (Wildman–Crippen MR) is 108 cm³/mol. The first-order chi connectivity index (χ1) is 13.1. The van der Waals surface area contributed by atoms with Crippen molar-refractivity contribution < 1.29 is 9.53 Å². The number of nitrogens with zero attached hydrogens (tertiary/aromatic N) is 2. The van der Waals surface area contributed by atoms with E-state index >= 15 is 0 Å². The number of aromatic nitrogens is 1. The van der Waals surface area contributed by atoms with Gasteiger partial charge in [-0.15, -0.1) is 0 Å². The lowest BCUT2D eigenvalue weighted by Crippen LogP contribution is -2.46. The molecule has 5 rings (SSSR count). The molecular formula is C20H20ClN3O2S. The second-order valence-electron chi connectivity index (χ2n) is 7.41. The molecule has 0 radical (unpaired) electrons. The Hall–Kier alpha value is -1.92. The Kier molecular flexibility index (Phi) is 4.20. The molecule has 0 aliphatic carbocycles. The molecule has 3 aliphatic rings. The Morgan fingerprint density at radius 3 is 2.78 bits per heavy atom. The molecule has 27 heavy (non-hydrogen) atoms. The van der Waals surface area contributed by atoms with Crippen LogP contribution in [0, 0.1) is 0 Å².